The molecule has 0 atom stereocenters. The molecule has 0 aromatic heterocycles. The highest BCUT2D eigenvalue weighted by atomic mass is 79.9. The summed E-state index contributed by atoms with van der Waals surface area (Å²) in [6.07, 6.45) is 0.889. The number of benzene rings is 1. The minimum Gasteiger partial charge on any atom is -0.382 e. The topological polar surface area (TPSA) is 73.6 Å². The van der Waals surface area contributed by atoms with Crippen molar-refractivity contribution in [1.82, 2.24) is 5.32 Å². The molecule has 0 aliphatic rings. The molecule has 0 heterocycles. The number of methoxy groups -OCH3 is 1. The van der Waals surface area contributed by atoms with Gasteiger partial charge in [0.15, 0.2) is 0 Å². The lowest BCUT2D eigenvalue weighted by Crippen LogP contribution is -2.17. The zero-order chi connectivity index (χ0) is 14.8. The molecule has 1 rings (SSSR count). The average molecular weight is 347 g/mol. The van der Waals surface area contributed by atoms with Crippen LogP contribution in [0.4, 0.5) is 5.69 Å². The molecule has 0 bridgehead atoms. The third-order valence-corrected chi connectivity index (χ3v) is 3.01. The van der Waals surface area contributed by atoms with Crippen LogP contribution in [0.1, 0.15) is 12.0 Å². The second-order valence-electron chi connectivity index (χ2n) is 4.21. The molecular formula is C13H19BrN2O4. The van der Waals surface area contributed by atoms with E-state index in [-0.39, 0.29) is 5.69 Å². The minimum absolute atomic E-state index is 0.0964. The van der Waals surface area contributed by atoms with E-state index in [1.165, 1.54) is 6.07 Å². The van der Waals surface area contributed by atoms with Gasteiger partial charge in [-0.15, -0.1) is 0 Å². The number of halogens is 1. The van der Waals surface area contributed by atoms with Gasteiger partial charge in [0.05, 0.1) is 18.1 Å². The van der Waals surface area contributed by atoms with Gasteiger partial charge in [-0.05, 0) is 24.6 Å². The maximum atomic E-state index is 10.7. The van der Waals surface area contributed by atoms with Crippen molar-refractivity contribution >= 4 is 21.6 Å². The van der Waals surface area contributed by atoms with E-state index in [1.807, 2.05) is 6.07 Å². The summed E-state index contributed by atoms with van der Waals surface area (Å²) in [6.45, 7) is 3.28. The highest BCUT2D eigenvalue weighted by Crippen LogP contribution is 2.21. The Labute approximate surface area is 126 Å². The fourth-order valence-corrected chi connectivity index (χ4v) is 2.15. The van der Waals surface area contributed by atoms with Gasteiger partial charge in [0, 0.05) is 36.9 Å². The van der Waals surface area contributed by atoms with Crippen LogP contribution in [-0.4, -0.2) is 38.4 Å². The second-order valence-corrected chi connectivity index (χ2v) is 5.13. The highest BCUT2D eigenvalue weighted by molar-refractivity contribution is 9.10. The molecule has 0 fully saturated rings. The number of hydrogen-bond donors (Lipinski definition) is 1. The molecule has 1 aromatic rings. The van der Waals surface area contributed by atoms with Crippen molar-refractivity contribution < 1.29 is 14.4 Å². The summed E-state index contributed by atoms with van der Waals surface area (Å²) in [7, 11) is 1.64. The monoisotopic (exact) mass is 346 g/mol. The Morgan fingerprint density at radius 1 is 1.30 bits per heavy atom. The molecular weight excluding hydrogens is 328 g/mol. The zero-order valence-electron chi connectivity index (χ0n) is 11.4. The Balaban J connectivity index is 2.23. The molecule has 7 heteroatoms. The first-order valence-corrected chi connectivity index (χ1v) is 7.14. The summed E-state index contributed by atoms with van der Waals surface area (Å²) in [5.41, 5.74) is 0.977. The van der Waals surface area contributed by atoms with Gasteiger partial charge in [0.2, 0.25) is 0 Å². The standard InChI is InChI=1S/C13H19BrN2O4/c1-19-5-6-20-4-2-3-15-10-11-7-12(14)9-13(8-11)16(17)18/h7-9,15H,2-6,10H2,1H3. The van der Waals surface area contributed by atoms with E-state index in [1.54, 1.807) is 13.2 Å². The molecule has 112 valence electrons. The van der Waals surface area contributed by atoms with Crippen molar-refractivity contribution in [3.63, 3.8) is 0 Å². The van der Waals surface area contributed by atoms with Crippen LogP contribution in [0.3, 0.4) is 0 Å². The first kappa shape index (κ1) is 17.0. The van der Waals surface area contributed by atoms with Crippen molar-refractivity contribution in [3.05, 3.63) is 38.3 Å². The largest absolute Gasteiger partial charge is 0.382 e. The molecule has 6 nitrogen and oxygen atoms in total. The van der Waals surface area contributed by atoms with E-state index in [0.717, 1.165) is 18.5 Å². The van der Waals surface area contributed by atoms with E-state index in [2.05, 4.69) is 21.2 Å². The number of non-ortho nitro benzene ring substituents is 1. The molecule has 0 aliphatic carbocycles. The fraction of sp³-hybridized carbons (Fsp3) is 0.538. The Morgan fingerprint density at radius 3 is 2.80 bits per heavy atom. The van der Waals surface area contributed by atoms with E-state index in [0.29, 0.717) is 30.8 Å². The number of nitro groups is 1. The lowest BCUT2D eigenvalue weighted by atomic mass is 10.2. The third-order valence-electron chi connectivity index (χ3n) is 2.56. The fourth-order valence-electron chi connectivity index (χ4n) is 1.62. The van der Waals surface area contributed by atoms with Crippen LogP contribution < -0.4 is 5.32 Å². The predicted octanol–water partition coefficient (Wildman–Crippen LogP) is 2.50. The van der Waals surface area contributed by atoms with E-state index >= 15 is 0 Å². The van der Waals surface area contributed by atoms with Gasteiger partial charge in [-0.2, -0.15) is 0 Å². The minimum atomic E-state index is -0.391. The molecule has 0 unspecified atom stereocenters. The first-order chi connectivity index (χ1) is 9.63. The summed E-state index contributed by atoms with van der Waals surface area (Å²) < 4.78 is 10.9. The molecule has 0 saturated carbocycles. The number of rotatable bonds is 10. The Bertz CT molecular complexity index is 429. The van der Waals surface area contributed by atoms with Crippen molar-refractivity contribution in [2.45, 2.75) is 13.0 Å². The Kier molecular flexibility index (Phi) is 8.36. The second kappa shape index (κ2) is 9.82. The predicted molar refractivity (Wildman–Crippen MR) is 79.8 cm³/mol. The van der Waals surface area contributed by atoms with Crippen LogP contribution in [-0.2, 0) is 16.0 Å². The SMILES string of the molecule is COCCOCCCNCc1cc(Br)cc([N+](=O)[O-])c1. The normalized spacial score (nSPS) is 10.7. The highest BCUT2D eigenvalue weighted by Gasteiger charge is 2.08. The summed E-state index contributed by atoms with van der Waals surface area (Å²) in [5, 5.41) is 14.0. The summed E-state index contributed by atoms with van der Waals surface area (Å²) in [6, 6.07) is 4.94. The van der Waals surface area contributed by atoms with Crippen molar-refractivity contribution in [2.24, 2.45) is 0 Å². The molecule has 20 heavy (non-hydrogen) atoms. The lowest BCUT2D eigenvalue weighted by molar-refractivity contribution is -0.385. The lowest BCUT2D eigenvalue weighted by Gasteiger charge is -2.06. The molecule has 1 N–H and O–H groups in total. The molecule has 0 aliphatic heterocycles. The van der Waals surface area contributed by atoms with Crippen LogP contribution in [0.25, 0.3) is 0 Å². The average Bonchev–Trinajstić information content (AvgIpc) is 2.41. The van der Waals surface area contributed by atoms with Crippen LogP contribution in [0.5, 0.6) is 0 Å². The quantitative estimate of drug-likeness (QED) is 0.400. The number of nitrogens with zero attached hydrogens (tertiary/aromatic N) is 1. The molecule has 0 spiro atoms. The van der Waals surface area contributed by atoms with E-state index in [4.69, 9.17) is 9.47 Å². The summed E-state index contributed by atoms with van der Waals surface area (Å²) in [4.78, 5) is 10.4. The zero-order valence-corrected chi connectivity index (χ0v) is 13.0. The van der Waals surface area contributed by atoms with Crippen LogP contribution >= 0.6 is 15.9 Å². The van der Waals surface area contributed by atoms with Crippen LogP contribution in [0.2, 0.25) is 0 Å². The number of nitro benzene ring substituents is 1. The van der Waals surface area contributed by atoms with Gasteiger partial charge < -0.3 is 14.8 Å². The smallest absolute Gasteiger partial charge is 0.270 e. The van der Waals surface area contributed by atoms with Crippen molar-refractivity contribution in [2.75, 3.05) is 33.5 Å². The Morgan fingerprint density at radius 2 is 2.10 bits per heavy atom. The summed E-state index contributed by atoms with van der Waals surface area (Å²) >= 11 is 3.28. The van der Waals surface area contributed by atoms with Crippen LogP contribution in [0, 0.1) is 10.1 Å². The molecule has 1 aromatic carbocycles. The van der Waals surface area contributed by atoms with Crippen molar-refractivity contribution in [3.8, 4) is 0 Å². The number of hydrogen-bond acceptors (Lipinski definition) is 5. The van der Waals surface area contributed by atoms with Gasteiger partial charge >= 0.3 is 0 Å². The molecule has 0 amide bonds. The van der Waals surface area contributed by atoms with Gasteiger partial charge in [-0.3, -0.25) is 10.1 Å². The van der Waals surface area contributed by atoms with Gasteiger partial charge in [0.25, 0.3) is 5.69 Å². The van der Waals surface area contributed by atoms with Gasteiger partial charge in [0.1, 0.15) is 0 Å². The maximum Gasteiger partial charge on any atom is 0.270 e. The van der Waals surface area contributed by atoms with Gasteiger partial charge in [-0.1, -0.05) is 15.9 Å². The number of ether oxygens (including phenoxy) is 2. The Hall–Kier alpha value is -1.02. The van der Waals surface area contributed by atoms with Gasteiger partial charge in [-0.25, -0.2) is 0 Å². The molecule has 0 saturated heterocycles. The molecule has 0 radical (unpaired) electrons. The third kappa shape index (κ3) is 6.95. The maximum absolute atomic E-state index is 10.7. The van der Waals surface area contributed by atoms with E-state index in [9.17, 15) is 10.1 Å². The summed E-state index contributed by atoms with van der Waals surface area (Å²) in [5.74, 6) is 0. The van der Waals surface area contributed by atoms with E-state index < -0.39 is 4.92 Å². The first-order valence-electron chi connectivity index (χ1n) is 6.34. The van der Waals surface area contributed by atoms with Crippen LogP contribution in [0.15, 0.2) is 22.7 Å². The number of nitrogens with one attached hydrogen (secondary N) is 1. The van der Waals surface area contributed by atoms with Crippen molar-refractivity contribution in [1.29, 1.82) is 0 Å².